The summed E-state index contributed by atoms with van der Waals surface area (Å²) in [6, 6.07) is 6.33. The minimum atomic E-state index is -3.54. The van der Waals surface area contributed by atoms with Crippen molar-refractivity contribution >= 4 is 21.9 Å². The van der Waals surface area contributed by atoms with Gasteiger partial charge in [-0.1, -0.05) is 0 Å². The lowest BCUT2D eigenvalue weighted by Crippen LogP contribution is -2.49. The second-order valence-electron chi connectivity index (χ2n) is 7.04. The van der Waals surface area contributed by atoms with Gasteiger partial charge in [-0.2, -0.15) is 19.3 Å². The maximum Gasteiger partial charge on any atom is 0.243 e. The van der Waals surface area contributed by atoms with E-state index in [9.17, 15) is 8.42 Å². The minimum Gasteiger partial charge on any atom is -0.497 e. The van der Waals surface area contributed by atoms with Crippen molar-refractivity contribution < 1.29 is 13.2 Å². The van der Waals surface area contributed by atoms with Gasteiger partial charge in [0.05, 0.1) is 18.0 Å². The van der Waals surface area contributed by atoms with Crippen LogP contribution in [-0.2, 0) is 10.0 Å². The summed E-state index contributed by atoms with van der Waals surface area (Å²) in [5.74, 6) is 1.87. The summed E-state index contributed by atoms with van der Waals surface area (Å²) < 4.78 is 32.4. The Labute approximate surface area is 171 Å². The van der Waals surface area contributed by atoms with Crippen LogP contribution in [0, 0.1) is 0 Å². The van der Waals surface area contributed by atoms with E-state index in [1.807, 2.05) is 21.0 Å². The number of nitrogen functional groups attached to an aromatic ring is 1. The molecule has 10 nitrogen and oxygen atoms in total. The Kier molecular flexibility index (Phi) is 6.20. The maximum atomic E-state index is 12.9. The first-order valence-corrected chi connectivity index (χ1v) is 10.7. The van der Waals surface area contributed by atoms with Crippen molar-refractivity contribution in [1.29, 1.82) is 0 Å². The van der Waals surface area contributed by atoms with E-state index in [1.165, 1.54) is 4.31 Å². The number of benzene rings is 1. The second-order valence-corrected chi connectivity index (χ2v) is 8.98. The Hall–Kier alpha value is -2.50. The zero-order valence-corrected chi connectivity index (χ0v) is 17.9. The number of rotatable bonds is 6. The molecule has 3 rings (SSSR count). The second kappa shape index (κ2) is 8.47. The third-order valence-corrected chi connectivity index (χ3v) is 6.86. The number of sulfonamides is 1. The molecule has 0 aliphatic carbocycles. The standard InChI is InChI=1S/C18H27N7O3S/c1-13(16-20-17(19)22-18(21-16)23(2)3)24-9-11-25(12-10-24)29(26,27)15-7-5-14(28-4)6-8-15/h5-8,13H,9-12H2,1-4H3,(H2,19,20,21,22)/t13-/m0/s1. The Balaban J connectivity index is 1.69. The molecule has 2 aromatic rings. The summed E-state index contributed by atoms with van der Waals surface area (Å²) in [5, 5.41) is 0. The summed E-state index contributed by atoms with van der Waals surface area (Å²) in [7, 11) is 1.68. The van der Waals surface area contributed by atoms with Gasteiger partial charge in [-0.15, -0.1) is 0 Å². The fraction of sp³-hybridized carbons (Fsp3) is 0.500. The highest BCUT2D eigenvalue weighted by molar-refractivity contribution is 7.89. The molecular weight excluding hydrogens is 394 g/mol. The van der Waals surface area contributed by atoms with Gasteiger partial charge >= 0.3 is 0 Å². The molecule has 0 spiro atoms. The first kappa shape index (κ1) is 21.2. The van der Waals surface area contributed by atoms with Crippen LogP contribution >= 0.6 is 0 Å². The number of hydrogen-bond donors (Lipinski definition) is 1. The fourth-order valence-electron chi connectivity index (χ4n) is 3.18. The molecule has 1 fully saturated rings. The van der Waals surface area contributed by atoms with E-state index in [0.29, 0.717) is 43.7 Å². The van der Waals surface area contributed by atoms with Gasteiger partial charge in [0, 0.05) is 40.3 Å². The van der Waals surface area contributed by atoms with Crippen LogP contribution in [0.2, 0.25) is 0 Å². The van der Waals surface area contributed by atoms with Gasteiger partial charge in [-0.3, -0.25) is 4.90 Å². The Morgan fingerprint density at radius 2 is 1.69 bits per heavy atom. The Bertz CT molecular complexity index is 942. The molecule has 0 saturated carbocycles. The highest BCUT2D eigenvalue weighted by Crippen LogP contribution is 2.24. The third-order valence-electron chi connectivity index (χ3n) is 4.95. The molecule has 1 atom stereocenters. The van der Waals surface area contributed by atoms with Crippen LogP contribution in [0.15, 0.2) is 29.2 Å². The van der Waals surface area contributed by atoms with Gasteiger partial charge < -0.3 is 15.4 Å². The van der Waals surface area contributed by atoms with E-state index >= 15 is 0 Å². The van der Waals surface area contributed by atoms with Crippen molar-refractivity contribution in [3.05, 3.63) is 30.1 Å². The molecule has 11 heteroatoms. The topological polar surface area (TPSA) is 118 Å². The minimum absolute atomic E-state index is 0.107. The lowest BCUT2D eigenvalue weighted by molar-refractivity contribution is 0.141. The molecule has 158 valence electrons. The summed E-state index contributed by atoms with van der Waals surface area (Å²) in [6.07, 6.45) is 0. The Morgan fingerprint density at radius 1 is 1.07 bits per heavy atom. The number of ether oxygens (including phenoxy) is 1. The largest absolute Gasteiger partial charge is 0.497 e. The molecule has 1 aromatic carbocycles. The number of aromatic nitrogens is 3. The summed E-state index contributed by atoms with van der Waals surface area (Å²) in [6.45, 7) is 3.90. The van der Waals surface area contributed by atoms with E-state index in [4.69, 9.17) is 10.5 Å². The average molecular weight is 422 g/mol. The quantitative estimate of drug-likeness (QED) is 0.715. The van der Waals surface area contributed by atoms with Gasteiger partial charge in [0.25, 0.3) is 0 Å². The van der Waals surface area contributed by atoms with Gasteiger partial charge in [0.1, 0.15) is 5.75 Å². The van der Waals surface area contributed by atoms with Crippen LogP contribution in [0.5, 0.6) is 5.75 Å². The number of piperazine rings is 1. The van der Waals surface area contributed by atoms with Crippen LogP contribution < -0.4 is 15.4 Å². The van der Waals surface area contributed by atoms with Gasteiger partial charge in [0.15, 0.2) is 5.82 Å². The van der Waals surface area contributed by atoms with Crippen molar-refractivity contribution in [1.82, 2.24) is 24.2 Å². The van der Waals surface area contributed by atoms with Crippen LogP contribution in [0.1, 0.15) is 18.8 Å². The molecule has 1 aromatic heterocycles. The fourth-order valence-corrected chi connectivity index (χ4v) is 4.60. The Morgan fingerprint density at radius 3 is 2.24 bits per heavy atom. The number of methoxy groups -OCH3 is 1. The molecule has 1 aliphatic heterocycles. The van der Waals surface area contributed by atoms with Crippen molar-refractivity contribution in [3.8, 4) is 5.75 Å². The molecule has 0 unspecified atom stereocenters. The molecule has 2 heterocycles. The summed E-state index contributed by atoms with van der Waals surface area (Å²) in [4.78, 5) is 17.0. The molecule has 0 amide bonds. The van der Waals surface area contributed by atoms with E-state index in [2.05, 4.69) is 19.9 Å². The molecule has 0 radical (unpaired) electrons. The lowest BCUT2D eigenvalue weighted by Gasteiger charge is -2.36. The molecule has 0 bridgehead atoms. The normalized spacial score (nSPS) is 17.1. The van der Waals surface area contributed by atoms with Gasteiger partial charge in [0.2, 0.25) is 21.9 Å². The SMILES string of the molecule is COc1ccc(S(=O)(=O)N2CCN([C@@H](C)c3nc(N)nc(N(C)C)n3)CC2)cc1. The highest BCUT2D eigenvalue weighted by atomic mass is 32.2. The van der Waals surface area contributed by atoms with Crippen molar-refractivity contribution in [2.24, 2.45) is 0 Å². The van der Waals surface area contributed by atoms with E-state index < -0.39 is 10.0 Å². The van der Waals surface area contributed by atoms with Gasteiger partial charge in [-0.05, 0) is 31.2 Å². The first-order valence-electron chi connectivity index (χ1n) is 9.29. The third kappa shape index (κ3) is 4.57. The molecule has 29 heavy (non-hydrogen) atoms. The van der Waals surface area contributed by atoms with Crippen LogP contribution in [0.25, 0.3) is 0 Å². The number of nitrogens with zero attached hydrogens (tertiary/aromatic N) is 6. The average Bonchev–Trinajstić information content (AvgIpc) is 2.72. The number of nitrogens with two attached hydrogens (primary N) is 1. The molecule has 1 aliphatic rings. The summed E-state index contributed by atoms with van der Waals surface area (Å²) in [5.41, 5.74) is 5.82. The maximum absolute atomic E-state index is 12.9. The van der Waals surface area contributed by atoms with Crippen molar-refractivity contribution in [3.63, 3.8) is 0 Å². The van der Waals surface area contributed by atoms with Crippen molar-refractivity contribution in [2.45, 2.75) is 17.9 Å². The number of anilines is 2. The van der Waals surface area contributed by atoms with Crippen LogP contribution in [0.3, 0.4) is 0 Å². The van der Waals surface area contributed by atoms with Crippen LogP contribution in [-0.4, -0.2) is 80.0 Å². The van der Waals surface area contributed by atoms with Crippen LogP contribution in [0.4, 0.5) is 11.9 Å². The monoisotopic (exact) mass is 421 g/mol. The van der Waals surface area contributed by atoms with Gasteiger partial charge in [-0.25, -0.2) is 8.42 Å². The molecular formula is C18H27N7O3S. The first-order chi connectivity index (χ1) is 13.7. The highest BCUT2D eigenvalue weighted by Gasteiger charge is 2.31. The zero-order valence-electron chi connectivity index (χ0n) is 17.1. The lowest BCUT2D eigenvalue weighted by atomic mass is 10.2. The zero-order chi connectivity index (χ0) is 21.2. The smallest absolute Gasteiger partial charge is 0.243 e. The predicted octanol–water partition coefficient (Wildman–Crippen LogP) is 0.596. The van der Waals surface area contributed by atoms with Crippen molar-refractivity contribution in [2.75, 3.05) is 58.0 Å². The molecule has 2 N–H and O–H groups in total. The molecule has 1 saturated heterocycles. The van der Waals surface area contributed by atoms with E-state index in [-0.39, 0.29) is 16.9 Å². The predicted molar refractivity (Wildman–Crippen MR) is 110 cm³/mol. The van der Waals surface area contributed by atoms with E-state index in [0.717, 1.165) is 0 Å². The summed E-state index contributed by atoms with van der Waals surface area (Å²) >= 11 is 0. The number of hydrogen-bond acceptors (Lipinski definition) is 9. The van der Waals surface area contributed by atoms with E-state index in [1.54, 1.807) is 36.3 Å².